The van der Waals surface area contributed by atoms with Crippen molar-refractivity contribution in [3.8, 4) is 11.6 Å². The zero-order valence-electron chi connectivity index (χ0n) is 18.2. The summed E-state index contributed by atoms with van der Waals surface area (Å²) in [6.45, 7) is 2.05. The summed E-state index contributed by atoms with van der Waals surface area (Å²) in [5.41, 5.74) is 1.02. The molecule has 0 amide bonds. The molecule has 0 radical (unpaired) electrons. The van der Waals surface area contributed by atoms with E-state index in [0.717, 1.165) is 11.0 Å². The smallest absolute Gasteiger partial charge is 0.216 e. The van der Waals surface area contributed by atoms with Crippen molar-refractivity contribution in [1.82, 2.24) is 9.88 Å². The molecule has 1 unspecified atom stereocenters. The molecule has 0 bridgehead atoms. The van der Waals surface area contributed by atoms with Crippen molar-refractivity contribution < 1.29 is 25.8 Å². The third-order valence-electron chi connectivity index (χ3n) is 5.32. The zero-order valence-corrected chi connectivity index (χ0v) is 22.1. The minimum absolute atomic E-state index is 0. The van der Waals surface area contributed by atoms with E-state index in [1.54, 1.807) is 18.0 Å². The molecule has 7 heteroatoms. The van der Waals surface area contributed by atoms with E-state index >= 15 is 0 Å². The van der Waals surface area contributed by atoms with Crippen LogP contribution in [0.2, 0.25) is 0 Å². The van der Waals surface area contributed by atoms with Gasteiger partial charge in [-0.2, -0.15) is 48.8 Å². The fraction of sp³-hybridized carbons (Fsp3) is 0.0370. The Balaban J connectivity index is 0.00000241. The molecular weight excluding hydrogens is 640 g/mol. The van der Waals surface area contributed by atoms with Gasteiger partial charge in [-0.1, -0.05) is 37.1 Å². The van der Waals surface area contributed by atoms with Crippen LogP contribution < -0.4 is 25.6 Å². The molecule has 0 saturated carbocycles. The number of hydrogen-bond acceptors (Lipinski definition) is 5. The quantitative estimate of drug-likeness (QED) is 0.200. The van der Waals surface area contributed by atoms with Gasteiger partial charge < -0.3 is 14.5 Å². The van der Waals surface area contributed by atoms with Gasteiger partial charge in [0.1, 0.15) is 0 Å². The Bertz CT molecular complexity index is 1350. The number of anilines is 1. The maximum atomic E-state index is 6.03. The molecule has 3 heterocycles. The van der Waals surface area contributed by atoms with E-state index in [-0.39, 0.29) is 21.1 Å². The molecular formula is C27H19N3OPPtS-3. The summed E-state index contributed by atoms with van der Waals surface area (Å²) in [5, 5.41) is 3.65. The van der Waals surface area contributed by atoms with Gasteiger partial charge in [0, 0.05) is 44.0 Å². The molecule has 172 valence electrons. The molecule has 0 spiro atoms. The predicted molar refractivity (Wildman–Crippen MR) is 135 cm³/mol. The number of aromatic nitrogens is 1. The Kier molecular flexibility index (Phi) is 6.79. The molecule has 1 atom stereocenters. The van der Waals surface area contributed by atoms with Crippen LogP contribution in [0, 0.1) is 18.8 Å². The summed E-state index contributed by atoms with van der Waals surface area (Å²) < 4.78 is 6.03. The molecule has 1 aromatic heterocycles. The van der Waals surface area contributed by atoms with Crippen molar-refractivity contribution in [2.75, 3.05) is 11.9 Å². The standard InChI is InChI=1S/C27H19N3OPS.Pt/c1-29-15-16-30(19-29)20-7-6-8-22(17-20)32-23-9-2-3-10-25(23)33-26-13-12-21(18-24(26)32)31-27-11-4-5-14-28-27;/h2-16,19H,1H3;/q-3;. The number of fused-ring (bicyclic) bond motifs is 2. The molecule has 2 aliphatic heterocycles. The van der Waals surface area contributed by atoms with Gasteiger partial charge in [-0.3, -0.25) is 0 Å². The summed E-state index contributed by atoms with van der Waals surface area (Å²) >= 11 is 1.79. The summed E-state index contributed by atoms with van der Waals surface area (Å²) in [4.78, 5) is 10.9. The van der Waals surface area contributed by atoms with Crippen LogP contribution in [-0.4, -0.2) is 16.9 Å². The first-order chi connectivity index (χ1) is 16.2. The second-order valence-corrected chi connectivity index (χ2v) is 10.8. The SMILES string of the molecule is CN1C=CN(c2[c-]c(P3c4[c-]c(Oc5ccccn5)ccc4Sc4ccccc43)ccc2)[CH-]1.[Pt]. The maximum absolute atomic E-state index is 6.03. The molecule has 6 rings (SSSR count). The molecule has 3 aromatic carbocycles. The van der Waals surface area contributed by atoms with E-state index in [1.165, 1.54) is 20.4 Å². The van der Waals surface area contributed by atoms with Crippen molar-refractivity contribution in [1.29, 1.82) is 0 Å². The third kappa shape index (κ3) is 4.53. The average Bonchev–Trinajstić information content (AvgIpc) is 3.30. The Morgan fingerprint density at radius 2 is 1.79 bits per heavy atom. The van der Waals surface area contributed by atoms with Crippen LogP contribution in [0.5, 0.6) is 11.6 Å². The van der Waals surface area contributed by atoms with Gasteiger partial charge in [0.05, 0.1) is 0 Å². The van der Waals surface area contributed by atoms with Gasteiger partial charge in [-0.15, -0.1) is 28.4 Å². The van der Waals surface area contributed by atoms with Crippen LogP contribution in [-0.2, 0) is 21.1 Å². The number of rotatable bonds is 4. The Morgan fingerprint density at radius 1 is 0.912 bits per heavy atom. The van der Waals surface area contributed by atoms with Crippen LogP contribution in [0.4, 0.5) is 5.69 Å². The third-order valence-corrected chi connectivity index (χ3v) is 9.17. The van der Waals surface area contributed by atoms with Gasteiger partial charge in [0.15, 0.2) is 0 Å². The van der Waals surface area contributed by atoms with Crippen molar-refractivity contribution in [3.05, 3.63) is 110 Å². The fourth-order valence-corrected chi connectivity index (χ4v) is 7.73. The average molecular weight is 660 g/mol. The number of ether oxygens (including phenoxy) is 1. The minimum atomic E-state index is -0.842. The van der Waals surface area contributed by atoms with Crippen molar-refractivity contribution in [2.45, 2.75) is 9.79 Å². The van der Waals surface area contributed by atoms with Crippen LogP contribution in [0.25, 0.3) is 0 Å². The number of hydrogen-bond donors (Lipinski definition) is 0. The second kappa shape index (κ2) is 9.96. The molecule has 34 heavy (non-hydrogen) atoms. The number of benzene rings is 3. The second-order valence-electron chi connectivity index (χ2n) is 7.62. The summed E-state index contributed by atoms with van der Waals surface area (Å²) in [6.07, 6.45) is 5.81. The first kappa shape index (κ1) is 23.2. The molecule has 4 nitrogen and oxygen atoms in total. The van der Waals surface area contributed by atoms with Gasteiger partial charge in [0.2, 0.25) is 5.88 Å². The largest absolute Gasteiger partial charge is 0.510 e. The van der Waals surface area contributed by atoms with Crippen LogP contribution in [0.15, 0.2) is 101 Å². The molecule has 0 saturated heterocycles. The number of nitrogens with zero attached hydrogens (tertiary/aromatic N) is 3. The first-order valence-electron chi connectivity index (χ1n) is 10.5. The minimum Gasteiger partial charge on any atom is -0.510 e. The van der Waals surface area contributed by atoms with Gasteiger partial charge in [-0.25, -0.2) is 4.98 Å². The van der Waals surface area contributed by atoms with Crippen molar-refractivity contribution >= 4 is 41.3 Å². The van der Waals surface area contributed by atoms with E-state index in [0.29, 0.717) is 11.6 Å². The normalized spacial score (nSPS) is 16.0. The summed E-state index contributed by atoms with van der Waals surface area (Å²) in [5.74, 6) is 1.24. The van der Waals surface area contributed by atoms with Crippen LogP contribution in [0.1, 0.15) is 0 Å². The molecule has 0 N–H and O–H groups in total. The van der Waals surface area contributed by atoms with Crippen molar-refractivity contribution in [3.63, 3.8) is 0 Å². The van der Waals surface area contributed by atoms with Crippen molar-refractivity contribution in [2.24, 2.45) is 0 Å². The summed E-state index contributed by atoms with van der Waals surface area (Å²) in [6, 6.07) is 32.1. The zero-order chi connectivity index (χ0) is 22.2. The Morgan fingerprint density at radius 3 is 2.62 bits per heavy atom. The molecule has 2 aliphatic rings. The van der Waals surface area contributed by atoms with Gasteiger partial charge >= 0.3 is 0 Å². The monoisotopic (exact) mass is 659 g/mol. The topological polar surface area (TPSA) is 28.6 Å². The van der Waals surface area contributed by atoms with Crippen LogP contribution in [0.3, 0.4) is 0 Å². The first-order valence-corrected chi connectivity index (χ1v) is 12.7. The predicted octanol–water partition coefficient (Wildman–Crippen LogP) is 5.04. The van der Waals surface area contributed by atoms with Gasteiger partial charge in [0.25, 0.3) is 0 Å². The molecule has 4 aromatic rings. The molecule has 0 aliphatic carbocycles. The van der Waals surface area contributed by atoms with E-state index in [9.17, 15) is 0 Å². The Labute approximate surface area is 219 Å². The van der Waals surface area contributed by atoms with Crippen LogP contribution >= 0.6 is 19.7 Å². The summed E-state index contributed by atoms with van der Waals surface area (Å²) in [7, 11) is 1.18. The molecule has 0 fully saturated rings. The van der Waals surface area contributed by atoms with E-state index in [4.69, 9.17) is 4.74 Å². The number of pyridine rings is 1. The maximum Gasteiger partial charge on any atom is 0.216 e. The van der Waals surface area contributed by atoms with E-state index < -0.39 is 7.92 Å². The fourth-order valence-electron chi connectivity index (χ4n) is 3.81. The van der Waals surface area contributed by atoms with E-state index in [1.807, 2.05) is 55.3 Å². The Hall–Kier alpha value is -2.58. The van der Waals surface area contributed by atoms with E-state index in [2.05, 4.69) is 70.5 Å². The van der Waals surface area contributed by atoms with Gasteiger partial charge in [-0.05, 0) is 36.9 Å².